The average molecular weight is 280 g/mol. The third kappa shape index (κ3) is 3.43. The van der Waals surface area contributed by atoms with E-state index in [-0.39, 0.29) is 5.75 Å². The molecular weight excluding hydrogens is 268 g/mol. The van der Waals surface area contributed by atoms with E-state index in [2.05, 4.69) is 20.7 Å². The van der Waals surface area contributed by atoms with E-state index in [0.717, 1.165) is 4.47 Å². The molecule has 0 aliphatic rings. The van der Waals surface area contributed by atoms with Crippen LogP contribution < -0.4 is 10.5 Å². The molecular formula is C10H12BrF2NO. The predicted octanol–water partition coefficient (Wildman–Crippen LogP) is 2.86. The Bertz CT molecular complexity index is 344. The summed E-state index contributed by atoms with van der Waals surface area (Å²) in [6.07, 6.45) is 0.516. The Morgan fingerprint density at radius 2 is 2.13 bits per heavy atom. The summed E-state index contributed by atoms with van der Waals surface area (Å²) in [5.74, 6) is 0.235. The molecule has 0 aliphatic carbocycles. The molecule has 0 saturated heterocycles. The van der Waals surface area contributed by atoms with E-state index >= 15 is 0 Å². The van der Waals surface area contributed by atoms with Gasteiger partial charge in [-0.1, -0.05) is 15.9 Å². The number of benzene rings is 1. The van der Waals surface area contributed by atoms with Crippen molar-refractivity contribution >= 4 is 15.9 Å². The molecule has 1 rings (SSSR count). The molecule has 0 atom stereocenters. The molecule has 0 heterocycles. The molecule has 1 aromatic rings. The van der Waals surface area contributed by atoms with Crippen molar-refractivity contribution in [2.45, 2.75) is 20.0 Å². The summed E-state index contributed by atoms with van der Waals surface area (Å²) in [5, 5.41) is 0. The Hall–Kier alpha value is -0.680. The molecule has 0 spiro atoms. The van der Waals surface area contributed by atoms with E-state index in [1.54, 1.807) is 19.1 Å². The molecule has 0 saturated carbocycles. The fraction of sp³-hybridized carbons (Fsp3) is 0.400. The topological polar surface area (TPSA) is 35.2 Å². The quantitative estimate of drug-likeness (QED) is 0.920. The van der Waals surface area contributed by atoms with Crippen molar-refractivity contribution in [3.8, 4) is 5.75 Å². The van der Waals surface area contributed by atoms with Crippen molar-refractivity contribution in [1.29, 1.82) is 0 Å². The third-order valence-corrected chi connectivity index (χ3v) is 2.39. The summed E-state index contributed by atoms with van der Waals surface area (Å²) in [7, 11) is 0. The summed E-state index contributed by atoms with van der Waals surface area (Å²) in [6.45, 7) is -0.681. The highest BCUT2D eigenvalue weighted by Gasteiger charge is 2.12. The number of hydrogen-bond acceptors (Lipinski definition) is 2. The van der Waals surface area contributed by atoms with Crippen LogP contribution in [0.25, 0.3) is 0 Å². The summed E-state index contributed by atoms with van der Waals surface area (Å²) in [5.41, 5.74) is 6.77. The Balaban J connectivity index is 3.08. The molecule has 1 aromatic carbocycles. The van der Waals surface area contributed by atoms with Crippen LogP contribution in [0.3, 0.4) is 0 Å². The average Bonchev–Trinajstić information content (AvgIpc) is 2.11. The van der Waals surface area contributed by atoms with Crippen LogP contribution in [0, 0.1) is 6.92 Å². The molecule has 2 N–H and O–H groups in total. The van der Waals surface area contributed by atoms with Crippen LogP contribution in [-0.4, -0.2) is 13.2 Å². The minimum Gasteiger partial charge on any atom is -0.434 e. The van der Waals surface area contributed by atoms with Crippen molar-refractivity contribution in [1.82, 2.24) is 0 Å². The molecule has 0 unspecified atom stereocenters. The van der Waals surface area contributed by atoms with Gasteiger partial charge < -0.3 is 10.5 Å². The minimum absolute atomic E-state index is 0.235. The molecule has 0 aromatic heterocycles. The predicted molar refractivity (Wildman–Crippen MR) is 58.3 cm³/mol. The summed E-state index contributed by atoms with van der Waals surface area (Å²) in [6, 6.07) is 3.48. The molecule has 0 bridgehead atoms. The van der Waals surface area contributed by atoms with Crippen LogP contribution >= 0.6 is 15.9 Å². The monoisotopic (exact) mass is 279 g/mol. The van der Waals surface area contributed by atoms with Gasteiger partial charge in [0.25, 0.3) is 0 Å². The molecule has 0 aliphatic heterocycles. The first-order valence-electron chi connectivity index (χ1n) is 4.48. The Kier molecular flexibility index (Phi) is 4.47. The van der Waals surface area contributed by atoms with Crippen molar-refractivity contribution in [3.63, 3.8) is 0 Å². The first-order valence-corrected chi connectivity index (χ1v) is 5.27. The van der Waals surface area contributed by atoms with Gasteiger partial charge in [-0.3, -0.25) is 0 Å². The van der Waals surface area contributed by atoms with Crippen LogP contribution in [0.2, 0.25) is 0 Å². The van der Waals surface area contributed by atoms with Gasteiger partial charge in [-0.25, -0.2) is 0 Å². The number of hydrogen-bond donors (Lipinski definition) is 1. The maximum Gasteiger partial charge on any atom is 0.387 e. The molecule has 2 nitrogen and oxygen atoms in total. The summed E-state index contributed by atoms with van der Waals surface area (Å²) < 4.78 is 29.6. The van der Waals surface area contributed by atoms with Crippen LogP contribution in [0.5, 0.6) is 5.75 Å². The van der Waals surface area contributed by atoms with Crippen molar-refractivity contribution in [2.75, 3.05) is 6.54 Å². The fourth-order valence-electron chi connectivity index (χ4n) is 1.40. The van der Waals surface area contributed by atoms with E-state index in [9.17, 15) is 8.78 Å². The van der Waals surface area contributed by atoms with Crippen molar-refractivity contribution in [3.05, 3.63) is 27.7 Å². The summed E-state index contributed by atoms with van der Waals surface area (Å²) in [4.78, 5) is 0. The van der Waals surface area contributed by atoms with Crippen LogP contribution in [-0.2, 0) is 6.42 Å². The lowest BCUT2D eigenvalue weighted by atomic mass is 10.1. The van der Waals surface area contributed by atoms with Gasteiger partial charge in [0.2, 0.25) is 0 Å². The van der Waals surface area contributed by atoms with Crippen LogP contribution in [0.4, 0.5) is 8.78 Å². The number of rotatable bonds is 4. The lowest BCUT2D eigenvalue weighted by Gasteiger charge is -2.13. The second-order valence-electron chi connectivity index (χ2n) is 3.13. The van der Waals surface area contributed by atoms with Gasteiger partial charge in [-0.15, -0.1) is 0 Å². The highest BCUT2D eigenvalue weighted by atomic mass is 79.9. The normalized spacial score (nSPS) is 10.8. The molecule has 0 fully saturated rings. The van der Waals surface area contributed by atoms with Gasteiger partial charge >= 0.3 is 6.61 Å². The molecule has 15 heavy (non-hydrogen) atoms. The van der Waals surface area contributed by atoms with Gasteiger partial charge in [-0.05, 0) is 43.1 Å². The number of halogens is 3. The Morgan fingerprint density at radius 3 is 2.67 bits per heavy atom. The van der Waals surface area contributed by atoms with Gasteiger partial charge in [-0.2, -0.15) is 8.78 Å². The Morgan fingerprint density at radius 1 is 1.47 bits per heavy atom. The van der Waals surface area contributed by atoms with Crippen LogP contribution in [0.15, 0.2) is 16.6 Å². The van der Waals surface area contributed by atoms with Gasteiger partial charge in [0.1, 0.15) is 5.75 Å². The van der Waals surface area contributed by atoms with E-state index in [0.29, 0.717) is 24.1 Å². The fourth-order valence-corrected chi connectivity index (χ4v) is 2.02. The standard InChI is InChI=1S/C10H12BrF2NO/c1-6-4-8(11)5-7(2-3-14)9(6)15-10(12)13/h4-5,10H,2-3,14H2,1H3. The lowest BCUT2D eigenvalue weighted by molar-refractivity contribution is -0.0508. The number of ether oxygens (including phenoxy) is 1. The number of alkyl halides is 2. The van der Waals surface area contributed by atoms with E-state index in [4.69, 9.17) is 5.73 Å². The largest absolute Gasteiger partial charge is 0.434 e. The van der Waals surface area contributed by atoms with Gasteiger partial charge in [0, 0.05) is 4.47 Å². The SMILES string of the molecule is Cc1cc(Br)cc(CCN)c1OC(F)F. The Labute approximate surface area is 95.5 Å². The minimum atomic E-state index is -2.80. The zero-order chi connectivity index (χ0) is 11.4. The third-order valence-electron chi connectivity index (χ3n) is 1.94. The van der Waals surface area contributed by atoms with E-state index < -0.39 is 6.61 Å². The zero-order valence-electron chi connectivity index (χ0n) is 8.27. The lowest BCUT2D eigenvalue weighted by Crippen LogP contribution is -2.09. The second kappa shape index (κ2) is 5.42. The molecule has 0 radical (unpaired) electrons. The van der Waals surface area contributed by atoms with Crippen LogP contribution in [0.1, 0.15) is 11.1 Å². The smallest absolute Gasteiger partial charge is 0.387 e. The van der Waals surface area contributed by atoms with E-state index in [1.165, 1.54) is 0 Å². The molecule has 5 heteroatoms. The first kappa shape index (κ1) is 12.4. The first-order chi connectivity index (χ1) is 7.04. The summed E-state index contributed by atoms with van der Waals surface area (Å²) >= 11 is 3.30. The molecule has 0 amide bonds. The van der Waals surface area contributed by atoms with Gasteiger partial charge in [0.05, 0.1) is 0 Å². The van der Waals surface area contributed by atoms with Gasteiger partial charge in [0.15, 0.2) is 0 Å². The van der Waals surface area contributed by atoms with Crippen molar-refractivity contribution in [2.24, 2.45) is 5.73 Å². The molecule has 84 valence electrons. The zero-order valence-corrected chi connectivity index (χ0v) is 9.85. The number of nitrogens with two attached hydrogens (primary N) is 1. The van der Waals surface area contributed by atoms with Crippen molar-refractivity contribution < 1.29 is 13.5 Å². The second-order valence-corrected chi connectivity index (χ2v) is 4.04. The number of aryl methyl sites for hydroxylation is 1. The maximum absolute atomic E-state index is 12.2. The highest BCUT2D eigenvalue weighted by Crippen LogP contribution is 2.29. The maximum atomic E-state index is 12.2. The van der Waals surface area contributed by atoms with E-state index in [1.807, 2.05) is 0 Å². The highest BCUT2D eigenvalue weighted by molar-refractivity contribution is 9.10.